The first-order valence-electron chi connectivity index (χ1n) is 3.18. The molecule has 0 aliphatic heterocycles. The van der Waals surface area contributed by atoms with Crippen LogP contribution in [0.4, 0.5) is 0 Å². The van der Waals surface area contributed by atoms with Gasteiger partial charge in [0, 0.05) is 6.20 Å². The van der Waals surface area contributed by atoms with E-state index in [0.717, 1.165) is 6.20 Å². The van der Waals surface area contributed by atoms with Crippen molar-refractivity contribution in [1.82, 2.24) is 4.98 Å². The van der Waals surface area contributed by atoms with Crippen molar-refractivity contribution in [1.29, 1.82) is 0 Å². The van der Waals surface area contributed by atoms with Crippen LogP contribution in [0.2, 0.25) is 10.0 Å². The maximum absolute atomic E-state index is 10.9. The largest absolute Gasteiger partial charge is 0.275 e. The van der Waals surface area contributed by atoms with Crippen LogP contribution in [0.5, 0.6) is 0 Å². The Balaban J connectivity index is 3.53. The lowest BCUT2D eigenvalue weighted by Gasteiger charge is -2.03. The van der Waals surface area contributed by atoms with Crippen molar-refractivity contribution in [2.75, 3.05) is 0 Å². The highest BCUT2D eigenvalue weighted by Gasteiger charge is 2.21. The molecule has 14 heavy (non-hydrogen) atoms. The standard InChI is InChI=1S/C7HCl4NO2/c8-2-1-12-5(7(11)14)3(4(2)9)6(10)13/h1H. The Bertz CT molecular complexity index is 418. The average Bonchev–Trinajstić information content (AvgIpc) is 2.08. The van der Waals surface area contributed by atoms with Crippen LogP contribution in [0.1, 0.15) is 20.8 Å². The van der Waals surface area contributed by atoms with Crippen molar-refractivity contribution in [3.8, 4) is 0 Å². The van der Waals surface area contributed by atoms with Crippen molar-refractivity contribution in [2.24, 2.45) is 0 Å². The van der Waals surface area contributed by atoms with Gasteiger partial charge in [0.05, 0.1) is 15.6 Å². The molecule has 0 radical (unpaired) electrons. The highest BCUT2D eigenvalue weighted by atomic mass is 35.5. The molecule has 1 aromatic heterocycles. The van der Waals surface area contributed by atoms with Crippen molar-refractivity contribution < 1.29 is 9.59 Å². The fraction of sp³-hybridized carbons (Fsp3) is 0. The van der Waals surface area contributed by atoms with Crippen LogP contribution in [-0.2, 0) is 0 Å². The number of rotatable bonds is 2. The van der Waals surface area contributed by atoms with Gasteiger partial charge in [0.25, 0.3) is 10.5 Å². The van der Waals surface area contributed by atoms with E-state index in [0.29, 0.717) is 0 Å². The Kier molecular flexibility index (Phi) is 3.72. The predicted molar refractivity (Wildman–Crippen MR) is 54.6 cm³/mol. The summed E-state index contributed by atoms with van der Waals surface area (Å²) in [7, 11) is 0. The molecule has 0 bridgehead atoms. The molecular weight excluding hydrogens is 272 g/mol. The van der Waals surface area contributed by atoms with Gasteiger partial charge in [-0.05, 0) is 23.2 Å². The monoisotopic (exact) mass is 271 g/mol. The van der Waals surface area contributed by atoms with E-state index < -0.39 is 10.5 Å². The summed E-state index contributed by atoms with van der Waals surface area (Å²) < 4.78 is 0. The van der Waals surface area contributed by atoms with E-state index in [9.17, 15) is 9.59 Å². The fourth-order valence-corrected chi connectivity index (χ4v) is 1.54. The Labute approximate surface area is 98.9 Å². The summed E-state index contributed by atoms with van der Waals surface area (Å²) in [5, 5.41) is -1.97. The van der Waals surface area contributed by atoms with Crippen molar-refractivity contribution in [3.63, 3.8) is 0 Å². The first-order chi connectivity index (χ1) is 6.45. The molecule has 1 rings (SSSR count). The lowest BCUT2D eigenvalue weighted by Crippen LogP contribution is -2.05. The number of carbonyl (C=O) groups excluding carboxylic acids is 2. The van der Waals surface area contributed by atoms with Crippen LogP contribution in [-0.4, -0.2) is 15.5 Å². The second kappa shape index (κ2) is 4.45. The maximum atomic E-state index is 10.9. The fourth-order valence-electron chi connectivity index (χ4n) is 0.794. The van der Waals surface area contributed by atoms with Gasteiger partial charge in [-0.25, -0.2) is 4.98 Å². The van der Waals surface area contributed by atoms with E-state index in [2.05, 4.69) is 4.98 Å². The van der Waals surface area contributed by atoms with E-state index in [-0.39, 0.29) is 21.3 Å². The summed E-state index contributed by atoms with van der Waals surface area (Å²) in [4.78, 5) is 25.3. The highest BCUT2D eigenvalue weighted by molar-refractivity contribution is 6.72. The lowest BCUT2D eigenvalue weighted by molar-refractivity contribution is 0.104. The molecule has 1 aromatic rings. The Morgan fingerprint density at radius 2 is 1.71 bits per heavy atom. The maximum Gasteiger partial charge on any atom is 0.271 e. The molecule has 0 aliphatic carbocycles. The second-order valence-corrected chi connectivity index (χ2v) is 3.66. The summed E-state index contributed by atoms with van der Waals surface area (Å²) in [6.45, 7) is 0. The molecule has 0 unspecified atom stereocenters. The number of pyridine rings is 1. The molecule has 0 amide bonds. The number of hydrogen-bond donors (Lipinski definition) is 0. The number of nitrogens with zero attached hydrogens (tertiary/aromatic N) is 1. The zero-order valence-corrected chi connectivity index (χ0v) is 9.38. The molecule has 0 saturated heterocycles. The van der Waals surface area contributed by atoms with Crippen LogP contribution in [0.15, 0.2) is 6.20 Å². The van der Waals surface area contributed by atoms with Gasteiger partial charge in [-0.3, -0.25) is 9.59 Å². The molecule has 7 heteroatoms. The van der Waals surface area contributed by atoms with Crippen LogP contribution in [0.3, 0.4) is 0 Å². The van der Waals surface area contributed by atoms with Gasteiger partial charge >= 0.3 is 0 Å². The molecule has 0 aromatic carbocycles. The summed E-state index contributed by atoms with van der Waals surface area (Å²) in [5.74, 6) is 0. The molecule has 0 aliphatic rings. The number of aromatic nitrogens is 1. The van der Waals surface area contributed by atoms with Gasteiger partial charge in [0.1, 0.15) is 5.69 Å². The smallest absolute Gasteiger partial charge is 0.271 e. The van der Waals surface area contributed by atoms with Crippen LogP contribution in [0.25, 0.3) is 0 Å². The SMILES string of the molecule is O=C(Cl)c1ncc(Cl)c(Cl)c1C(=O)Cl. The second-order valence-electron chi connectivity index (χ2n) is 2.19. The molecule has 0 spiro atoms. The molecule has 0 atom stereocenters. The molecule has 3 nitrogen and oxygen atoms in total. The normalized spacial score (nSPS) is 10.0. The third kappa shape index (κ3) is 2.17. The number of halogens is 4. The van der Waals surface area contributed by atoms with Crippen LogP contribution >= 0.6 is 46.4 Å². The third-order valence-corrected chi connectivity index (χ3v) is 2.50. The van der Waals surface area contributed by atoms with Gasteiger partial charge < -0.3 is 0 Å². The summed E-state index contributed by atoms with van der Waals surface area (Å²) in [6, 6.07) is 0. The Hall–Kier alpha value is -0.350. The van der Waals surface area contributed by atoms with E-state index in [1.165, 1.54) is 0 Å². The van der Waals surface area contributed by atoms with Gasteiger partial charge in [0.15, 0.2) is 0 Å². The predicted octanol–water partition coefficient (Wildman–Crippen LogP) is 3.15. The Morgan fingerprint density at radius 1 is 1.14 bits per heavy atom. The summed E-state index contributed by atoms with van der Waals surface area (Å²) in [5.41, 5.74) is -0.582. The number of hydrogen-bond acceptors (Lipinski definition) is 3. The van der Waals surface area contributed by atoms with E-state index in [1.54, 1.807) is 0 Å². The van der Waals surface area contributed by atoms with Gasteiger partial charge in [-0.15, -0.1) is 0 Å². The molecule has 74 valence electrons. The summed E-state index contributed by atoms with van der Waals surface area (Å²) in [6.07, 6.45) is 1.11. The van der Waals surface area contributed by atoms with Crippen LogP contribution < -0.4 is 0 Å². The molecule has 0 saturated carbocycles. The average molecular weight is 273 g/mol. The van der Waals surface area contributed by atoms with Crippen molar-refractivity contribution in [3.05, 3.63) is 27.5 Å². The third-order valence-electron chi connectivity index (χ3n) is 1.36. The zero-order valence-electron chi connectivity index (χ0n) is 6.35. The minimum absolute atomic E-state index is 0.0253. The Morgan fingerprint density at radius 3 is 2.14 bits per heavy atom. The molecular formula is C7HCl4NO2. The first-order valence-corrected chi connectivity index (χ1v) is 4.70. The van der Waals surface area contributed by atoms with Gasteiger partial charge in [-0.2, -0.15) is 0 Å². The minimum Gasteiger partial charge on any atom is -0.275 e. The number of carbonyl (C=O) groups is 2. The molecule has 0 fully saturated rings. The molecule has 0 N–H and O–H groups in total. The van der Waals surface area contributed by atoms with E-state index in [1.807, 2.05) is 0 Å². The van der Waals surface area contributed by atoms with Crippen LogP contribution in [0, 0.1) is 0 Å². The topological polar surface area (TPSA) is 47.0 Å². The summed E-state index contributed by atoms with van der Waals surface area (Å²) >= 11 is 21.6. The van der Waals surface area contributed by atoms with Gasteiger partial charge in [0.2, 0.25) is 0 Å². The molecule has 1 heterocycles. The van der Waals surface area contributed by atoms with Gasteiger partial charge in [-0.1, -0.05) is 23.2 Å². The quantitative estimate of drug-likeness (QED) is 0.777. The highest BCUT2D eigenvalue weighted by Crippen LogP contribution is 2.28. The minimum atomic E-state index is -0.936. The van der Waals surface area contributed by atoms with Crippen molar-refractivity contribution >= 4 is 56.9 Å². The first kappa shape index (κ1) is 11.7. The lowest BCUT2D eigenvalue weighted by atomic mass is 10.2. The van der Waals surface area contributed by atoms with E-state index >= 15 is 0 Å². The van der Waals surface area contributed by atoms with Crippen molar-refractivity contribution in [2.45, 2.75) is 0 Å². The zero-order chi connectivity index (χ0) is 10.9. The van der Waals surface area contributed by atoms with E-state index in [4.69, 9.17) is 46.4 Å².